The third-order valence-corrected chi connectivity index (χ3v) is 6.26. The molecule has 2 N–H and O–H groups in total. The van der Waals surface area contributed by atoms with Crippen LogP contribution in [0.25, 0.3) is 0 Å². The van der Waals surface area contributed by atoms with E-state index in [-0.39, 0.29) is 6.10 Å². The van der Waals surface area contributed by atoms with Crippen molar-refractivity contribution in [3.63, 3.8) is 0 Å². The van der Waals surface area contributed by atoms with E-state index in [1.54, 1.807) is 0 Å². The Morgan fingerprint density at radius 1 is 0.925 bits per heavy atom. The number of hydrogen-bond acceptors (Lipinski definition) is 6. The molecular weight excluding hydrogens is 550 g/mol. The maximum absolute atomic E-state index is 10.6. The Morgan fingerprint density at radius 3 is 1.95 bits per heavy atom. The van der Waals surface area contributed by atoms with Gasteiger partial charge in [0.1, 0.15) is 0 Å². The molecule has 1 atom stereocenters. The molecule has 0 radical (unpaired) electrons. The number of aliphatic carboxylic acids is 2. The van der Waals surface area contributed by atoms with Crippen LogP contribution < -0.4 is 0 Å². The molecule has 40 heavy (non-hydrogen) atoms. The van der Waals surface area contributed by atoms with Crippen LogP contribution in [-0.4, -0.2) is 76.8 Å². The molecule has 2 aliphatic heterocycles. The highest BCUT2D eigenvalue weighted by atomic mass is 19.4. The maximum Gasteiger partial charge on any atom is 0.490 e. The zero-order valence-corrected chi connectivity index (χ0v) is 21.3. The van der Waals surface area contributed by atoms with Crippen LogP contribution >= 0.6 is 0 Å². The topological polar surface area (TPSA) is 109 Å². The molecule has 1 unspecified atom stereocenters. The zero-order chi connectivity index (χ0) is 29.8. The van der Waals surface area contributed by atoms with Crippen LogP contribution in [-0.2, 0) is 32.2 Å². The van der Waals surface area contributed by atoms with Gasteiger partial charge in [-0.1, -0.05) is 30.3 Å². The van der Waals surface area contributed by atoms with E-state index in [1.165, 1.54) is 37.1 Å². The lowest BCUT2D eigenvalue weighted by Gasteiger charge is -2.38. The van der Waals surface area contributed by atoms with E-state index in [9.17, 15) is 26.3 Å². The number of carbonyl (C=O) groups is 2. The predicted molar refractivity (Wildman–Crippen MR) is 129 cm³/mol. The van der Waals surface area contributed by atoms with E-state index in [4.69, 9.17) is 29.3 Å². The molecule has 8 nitrogen and oxygen atoms in total. The number of ether oxygens (including phenoxy) is 2. The Bertz CT molecular complexity index is 1020. The summed E-state index contributed by atoms with van der Waals surface area (Å²) in [4.78, 5) is 24.4. The first-order chi connectivity index (χ1) is 18.7. The highest BCUT2D eigenvalue weighted by Gasteiger charge is 2.42. The Hall–Kier alpha value is -3.23. The molecule has 2 aliphatic rings. The molecule has 2 fully saturated rings. The molecule has 2 saturated heterocycles. The molecule has 1 spiro atoms. The van der Waals surface area contributed by atoms with Crippen molar-refractivity contribution in [2.24, 2.45) is 5.41 Å². The van der Waals surface area contributed by atoms with Gasteiger partial charge < -0.3 is 19.7 Å². The van der Waals surface area contributed by atoms with E-state index < -0.39 is 24.3 Å². The molecule has 0 aliphatic carbocycles. The summed E-state index contributed by atoms with van der Waals surface area (Å²) in [6, 6.07) is 14.8. The van der Waals surface area contributed by atoms with Gasteiger partial charge in [-0.15, -0.1) is 0 Å². The maximum atomic E-state index is 10.6. The molecule has 14 heteroatoms. The molecule has 222 valence electrons. The van der Waals surface area contributed by atoms with Crippen molar-refractivity contribution in [3.8, 4) is 0 Å². The number of pyridine rings is 1. The molecule has 0 saturated carbocycles. The highest BCUT2D eigenvalue weighted by molar-refractivity contribution is 5.73. The second-order valence-corrected chi connectivity index (χ2v) is 9.38. The highest BCUT2D eigenvalue weighted by Crippen LogP contribution is 2.42. The van der Waals surface area contributed by atoms with Gasteiger partial charge in [-0.05, 0) is 61.0 Å². The number of benzene rings is 1. The van der Waals surface area contributed by atoms with Gasteiger partial charge in [0.15, 0.2) is 0 Å². The first-order valence-electron chi connectivity index (χ1n) is 12.1. The standard InChI is InChI=1S/C22H28N2O2.2C2HF3O2/c1-2-4-19(5-3-1)15-24-12-8-22(9-13-24)14-21(26-18-22)17-25-16-20-6-10-23-11-7-20;2*3-2(4,5)1(6)7/h1-7,10-11,21H,8-9,12-18H2;2*(H,6,7). The minimum atomic E-state index is -5.08. The minimum absolute atomic E-state index is 0.248. The Labute approximate surface area is 226 Å². The summed E-state index contributed by atoms with van der Waals surface area (Å²) >= 11 is 0. The largest absolute Gasteiger partial charge is 0.490 e. The van der Waals surface area contributed by atoms with Gasteiger partial charge in [-0.25, -0.2) is 9.59 Å². The summed E-state index contributed by atoms with van der Waals surface area (Å²) < 4.78 is 75.4. The number of rotatable bonds is 6. The average Bonchev–Trinajstić information content (AvgIpc) is 3.29. The van der Waals surface area contributed by atoms with Gasteiger partial charge >= 0.3 is 24.3 Å². The molecule has 3 heterocycles. The second-order valence-electron chi connectivity index (χ2n) is 9.38. The lowest BCUT2D eigenvalue weighted by atomic mass is 9.76. The van der Waals surface area contributed by atoms with E-state index >= 15 is 0 Å². The number of alkyl halides is 6. The molecule has 0 amide bonds. The van der Waals surface area contributed by atoms with Gasteiger partial charge in [0.25, 0.3) is 0 Å². The third-order valence-electron chi connectivity index (χ3n) is 6.26. The van der Waals surface area contributed by atoms with Crippen molar-refractivity contribution in [3.05, 3.63) is 66.0 Å². The summed E-state index contributed by atoms with van der Waals surface area (Å²) in [6.45, 7) is 5.63. The fourth-order valence-corrected chi connectivity index (χ4v) is 4.17. The molecular formula is C26H30F6N2O6. The van der Waals surface area contributed by atoms with Crippen LogP contribution in [0.3, 0.4) is 0 Å². The van der Waals surface area contributed by atoms with Crippen LogP contribution in [0, 0.1) is 5.41 Å². The number of nitrogens with zero attached hydrogens (tertiary/aromatic N) is 2. The number of carboxylic acid groups (broad SMARTS) is 2. The summed E-state index contributed by atoms with van der Waals surface area (Å²) in [5.41, 5.74) is 2.95. The van der Waals surface area contributed by atoms with Crippen molar-refractivity contribution < 1.29 is 55.6 Å². The summed E-state index contributed by atoms with van der Waals surface area (Å²) in [5.74, 6) is -5.51. The van der Waals surface area contributed by atoms with Gasteiger partial charge in [-0.2, -0.15) is 26.3 Å². The monoisotopic (exact) mass is 580 g/mol. The average molecular weight is 581 g/mol. The van der Waals surface area contributed by atoms with Crippen molar-refractivity contribution >= 4 is 11.9 Å². The Kier molecular flexibility index (Phi) is 12.3. The predicted octanol–water partition coefficient (Wildman–Crippen LogP) is 4.94. The molecule has 2 aromatic rings. The number of hydrogen-bond donors (Lipinski definition) is 2. The van der Waals surface area contributed by atoms with E-state index in [0.717, 1.165) is 19.6 Å². The first-order valence-corrected chi connectivity index (χ1v) is 12.1. The summed E-state index contributed by atoms with van der Waals surface area (Å²) in [5, 5.41) is 14.2. The van der Waals surface area contributed by atoms with Crippen LogP contribution in [0.15, 0.2) is 54.9 Å². The molecule has 1 aromatic heterocycles. The van der Waals surface area contributed by atoms with Crippen LogP contribution in [0.5, 0.6) is 0 Å². The summed E-state index contributed by atoms with van der Waals surface area (Å²) in [6.07, 6.45) is -2.69. The van der Waals surface area contributed by atoms with E-state index in [2.05, 4.69) is 40.2 Å². The number of halogens is 6. The SMILES string of the molecule is O=C(O)C(F)(F)F.O=C(O)C(F)(F)F.c1ccc(CN2CCC3(CC2)COC(COCc2ccncc2)C3)cc1. The normalized spacial score (nSPS) is 18.7. The smallest absolute Gasteiger partial charge is 0.475 e. The third kappa shape index (κ3) is 11.9. The van der Waals surface area contributed by atoms with Crippen molar-refractivity contribution in [1.82, 2.24) is 9.88 Å². The lowest BCUT2D eigenvalue weighted by Crippen LogP contribution is -2.40. The second kappa shape index (κ2) is 15.0. The van der Waals surface area contributed by atoms with Crippen LogP contribution in [0.1, 0.15) is 30.4 Å². The van der Waals surface area contributed by atoms with Gasteiger partial charge in [0, 0.05) is 18.9 Å². The van der Waals surface area contributed by atoms with Gasteiger partial charge in [0.05, 0.1) is 25.9 Å². The number of carboxylic acids is 2. The van der Waals surface area contributed by atoms with Crippen molar-refractivity contribution in [2.45, 2.75) is 50.9 Å². The zero-order valence-electron chi connectivity index (χ0n) is 21.3. The number of piperidine rings is 1. The molecule has 0 bridgehead atoms. The first kappa shape index (κ1) is 33.0. The summed E-state index contributed by atoms with van der Waals surface area (Å²) in [7, 11) is 0. The van der Waals surface area contributed by atoms with Crippen LogP contribution in [0.2, 0.25) is 0 Å². The van der Waals surface area contributed by atoms with E-state index in [1.807, 2.05) is 24.5 Å². The van der Waals surface area contributed by atoms with Gasteiger partial charge in [-0.3, -0.25) is 9.88 Å². The van der Waals surface area contributed by atoms with E-state index in [0.29, 0.717) is 18.6 Å². The Balaban J connectivity index is 0.000000333. The molecule has 4 rings (SSSR count). The quantitative estimate of drug-likeness (QED) is 0.463. The van der Waals surface area contributed by atoms with Gasteiger partial charge in [0.2, 0.25) is 0 Å². The van der Waals surface area contributed by atoms with Crippen molar-refractivity contribution in [1.29, 1.82) is 0 Å². The van der Waals surface area contributed by atoms with Crippen LogP contribution in [0.4, 0.5) is 26.3 Å². The fraction of sp³-hybridized carbons (Fsp3) is 0.500. The Morgan fingerprint density at radius 2 is 1.45 bits per heavy atom. The molecule has 1 aromatic carbocycles. The van der Waals surface area contributed by atoms with Crippen molar-refractivity contribution in [2.75, 3.05) is 26.3 Å². The number of aromatic nitrogens is 1. The fourth-order valence-electron chi connectivity index (χ4n) is 4.17. The number of likely N-dealkylation sites (tertiary alicyclic amines) is 1. The minimum Gasteiger partial charge on any atom is -0.475 e. The lowest BCUT2D eigenvalue weighted by molar-refractivity contribution is -0.193.